The number of nitrogen functional groups attached to an aromatic ring is 1. The van der Waals surface area contributed by atoms with Gasteiger partial charge in [-0.1, -0.05) is 12.8 Å². The van der Waals surface area contributed by atoms with Crippen molar-refractivity contribution in [3.63, 3.8) is 0 Å². The molecule has 2 N–H and O–H groups in total. The topological polar surface area (TPSA) is 38.9 Å². The molecule has 0 saturated heterocycles. The van der Waals surface area contributed by atoms with Crippen molar-refractivity contribution >= 4 is 28.1 Å². The number of hydrogen-bond acceptors (Lipinski definition) is 4. The summed E-state index contributed by atoms with van der Waals surface area (Å²) in [6.45, 7) is 0. The van der Waals surface area contributed by atoms with E-state index in [0.29, 0.717) is 5.92 Å². The highest BCUT2D eigenvalue weighted by Gasteiger charge is 2.21. The zero-order valence-electron chi connectivity index (χ0n) is 9.87. The molecule has 1 fully saturated rings. The zero-order valence-corrected chi connectivity index (χ0v) is 11.5. The molecular weight excluding hydrogens is 236 g/mol. The summed E-state index contributed by atoms with van der Waals surface area (Å²) in [6.07, 6.45) is 9.76. The fourth-order valence-corrected chi connectivity index (χ4v) is 3.77. The Bertz CT molecular complexity index is 330. The number of thioether (sulfide) groups is 1. The van der Waals surface area contributed by atoms with Crippen molar-refractivity contribution in [1.29, 1.82) is 0 Å². The predicted molar refractivity (Wildman–Crippen MR) is 74.4 cm³/mol. The fraction of sp³-hybridized carbons (Fsp3) is 0.750. The van der Waals surface area contributed by atoms with E-state index in [2.05, 4.69) is 6.26 Å². The molecule has 1 aromatic rings. The van der Waals surface area contributed by atoms with E-state index in [1.807, 2.05) is 11.8 Å². The van der Waals surface area contributed by atoms with E-state index >= 15 is 0 Å². The Balaban J connectivity index is 1.97. The summed E-state index contributed by atoms with van der Waals surface area (Å²) in [5, 5.41) is 2.26. The number of aromatic nitrogens is 1. The van der Waals surface area contributed by atoms with Crippen LogP contribution in [0.5, 0.6) is 0 Å². The van der Waals surface area contributed by atoms with E-state index < -0.39 is 0 Å². The molecule has 0 atom stereocenters. The Morgan fingerprint density at radius 2 is 2.19 bits per heavy atom. The van der Waals surface area contributed by atoms with Gasteiger partial charge in [0.05, 0.1) is 10.7 Å². The van der Waals surface area contributed by atoms with Crippen LogP contribution >= 0.6 is 23.1 Å². The van der Waals surface area contributed by atoms with Gasteiger partial charge in [0.1, 0.15) is 5.00 Å². The number of nitrogens with zero attached hydrogens (tertiary/aromatic N) is 1. The van der Waals surface area contributed by atoms with Crippen LogP contribution in [0.4, 0.5) is 5.00 Å². The Hall–Kier alpha value is -0.220. The molecule has 0 aromatic carbocycles. The summed E-state index contributed by atoms with van der Waals surface area (Å²) < 4.78 is 0. The third kappa shape index (κ3) is 2.92. The van der Waals surface area contributed by atoms with Crippen LogP contribution in [-0.2, 0) is 6.42 Å². The summed E-state index contributed by atoms with van der Waals surface area (Å²) >= 11 is 3.62. The van der Waals surface area contributed by atoms with Gasteiger partial charge in [0.15, 0.2) is 0 Å². The molecule has 1 aliphatic rings. The van der Waals surface area contributed by atoms with Gasteiger partial charge in [0.25, 0.3) is 0 Å². The summed E-state index contributed by atoms with van der Waals surface area (Å²) in [7, 11) is 0. The molecular formula is C12H20N2S2. The Labute approximate surface area is 106 Å². The van der Waals surface area contributed by atoms with Gasteiger partial charge in [-0.05, 0) is 37.7 Å². The highest BCUT2D eigenvalue weighted by molar-refractivity contribution is 7.98. The molecule has 90 valence electrons. The molecule has 1 heterocycles. The largest absolute Gasteiger partial charge is 0.389 e. The molecule has 0 bridgehead atoms. The number of hydrogen-bond donors (Lipinski definition) is 1. The fourth-order valence-electron chi connectivity index (χ4n) is 2.29. The van der Waals surface area contributed by atoms with Crippen LogP contribution in [0.25, 0.3) is 0 Å². The summed E-state index contributed by atoms with van der Waals surface area (Å²) in [6, 6.07) is 0. The monoisotopic (exact) mass is 256 g/mol. The normalized spacial score (nSPS) is 17.1. The van der Waals surface area contributed by atoms with Crippen molar-refractivity contribution in [2.24, 2.45) is 0 Å². The van der Waals surface area contributed by atoms with Crippen LogP contribution in [0.1, 0.15) is 48.7 Å². The Morgan fingerprint density at radius 1 is 1.44 bits per heavy atom. The first kappa shape index (κ1) is 12.2. The van der Waals surface area contributed by atoms with E-state index in [-0.39, 0.29) is 0 Å². The van der Waals surface area contributed by atoms with Gasteiger partial charge in [0.2, 0.25) is 0 Å². The third-order valence-electron chi connectivity index (χ3n) is 3.21. The third-order valence-corrected chi connectivity index (χ3v) is 5.00. The molecule has 16 heavy (non-hydrogen) atoms. The summed E-state index contributed by atoms with van der Waals surface area (Å²) in [5.74, 6) is 1.91. The molecule has 2 nitrogen and oxygen atoms in total. The zero-order chi connectivity index (χ0) is 11.4. The highest BCUT2D eigenvalue weighted by Crippen LogP contribution is 2.38. The molecule has 1 aliphatic carbocycles. The maximum atomic E-state index is 6.04. The van der Waals surface area contributed by atoms with Crippen molar-refractivity contribution in [2.45, 2.75) is 44.4 Å². The van der Waals surface area contributed by atoms with Crippen molar-refractivity contribution < 1.29 is 0 Å². The van der Waals surface area contributed by atoms with Gasteiger partial charge in [-0.15, -0.1) is 11.3 Å². The van der Waals surface area contributed by atoms with Crippen molar-refractivity contribution in [3.8, 4) is 0 Å². The molecule has 1 saturated carbocycles. The van der Waals surface area contributed by atoms with E-state index in [0.717, 1.165) is 17.1 Å². The number of rotatable bonds is 5. The van der Waals surface area contributed by atoms with Crippen LogP contribution in [0.15, 0.2) is 0 Å². The Morgan fingerprint density at radius 3 is 2.88 bits per heavy atom. The van der Waals surface area contributed by atoms with E-state index in [4.69, 9.17) is 10.7 Å². The molecule has 1 aromatic heterocycles. The second-order valence-corrected chi connectivity index (χ2v) is 6.49. The first-order chi connectivity index (χ1) is 7.81. The van der Waals surface area contributed by atoms with E-state index in [9.17, 15) is 0 Å². The number of nitrogens with two attached hydrogens (primary N) is 1. The second-order valence-electron chi connectivity index (χ2n) is 4.44. The quantitative estimate of drug-likeness (QED) is 0.817. The summed E-state index contributed by atoms with van der Waals surface area (Å²) in [5.41, 5.74) is 7.19. The summed E-state index contributed by atoms with van der Waals surface area (Å²) in [4.78, 5) is 4.75. The molecule has 0 aliphatic heterocycles. The standard InChI is InChI=1S/C12H20N2S2/c1-15-8-4-7-10-11(13)16-12(14-10)9-5-2-3-6-9/h9H,2-8,13H2,1H3. The first-order valence-electron chi connectivity index (χ1n) is 6.05. The molecule has 0 radical (unpaired) electrons. The van der Waals surface area contributed by atoms with Crippen LogP contribution < -0.4 is 5.73 Å². The average Bonchev–Trinajstić information content (AvgIpc) is 2.88. The van der Waals surface area contributed by atoms with Crippen LogP contribution in [-0.4, -0.2) is 17.0 Å². The first-order valence-corrected chi connectivity index (χ1v) is 8.26. The van der Waals surface area contributed by atoms with Crippen molar-refractivity contribution in [2.75, 3.05) is 17.7 Å². The smallest absolute Gasteiger partial charge is 0.109 e. The maximum absolute atomic E-state index is 6.04. The van der Waals surface area contributed by atoms with Gasteiger partial charge in [-0.25, -0.2) is 4.98 Å². The van der Waals surface area contributed by atoms with Gasteiger partial charge < -0.3 is 5.73 Å². The van der Waals surface area contributed by atoms with E-state index in [1.54, 1.807) is 11.3 Å². The molecule has 0 spiro atoms. The lowest BCUT2D eigenvalue weighted by atomic mass is 10.1. The minimum atomic E-state index is 0.710. The van der Waals surface area contributed by atoms with Crippen LogP contribution in [0, 0.1) is 0 Å². The van der Waals surface area contributed by atoms with Crippen LogP contribution in [0.3, 0.4) is 0 Å². The SMILES string of the molecule is CSCCCc1nc(C2CCCC2)sc1N. The van der Waals surface area contributed by atoms with Gasteiger partial charge in [-0.3, -0.25) is 0 Å². The lowest BCUT2D eigenvalue weighted by Gasteiger charge is -2.02. The van der Waals surface area contributed by atoms with E-state index in [1.165, 1.54) is 42.9 Å². The van der Waals surface area contributed by atoms with Gasteiger partial charge in [0, 0.05) is 5.92 Å². The minimum Gasteiger partial charge on any atom is -0.389 e. The maximum Gasteiger partial charge on any atom is 0.109 e. The number of thiazole rings is 1. The molecule has 2 rings (SSSR count). The van der Waals surface area contributed by atoms with Crippen LogP contribution in [0.2, 0.25) is 0 Å². The molecule has 0 amide bonds. The van der Waals surface area contributed by atoms with Crippen molar-refractivity contribution in [1.82, 2.24) is 4.98 Å². The minimum absolute atomic E-state index is 0.710. The van der Waals surface area contributed by atoms with Gasteiger partial charge in [-0.2, -0.15) is 11.8 Å². The second kappa shape index (κ2) is 5.92. The predicted octanol–water partition coefficient (Wildman–Crippen LogP) is 3.68. The average molecular weight is 256 g/mol. The Kier molecular flexibility index (Phi) is 4.53. The highest BCUT2D eigenvalue weighted by atomic mass is 32.2. The number of aryl methyl sites for hydroxylation is 1. The lowest BCUT2D eigenvalue weighted by Crippen LogP contribution is -1.95. The molecule has 4 heteroatoms. The van der Waals surface area contributed by atoms with Crippen molar-refractivity contribution in [3.05, 3.63) is 10.7 Å². The molecule has 0 unspecified atom stereocenters. The lowest BCUT2D eigenvalue weighted by molar-refractivity contribution is 0.710. The number of anilines is 1. The van der Waals surface area contributed by atoms with Gasteiger partial charge >= 0.3 is 0 Å².